The van der Waals surface area contributed by atoms with Crippen molar-refractivity contribution in [1.29, 1.82) is 0 Å². The van der Waals surface area contributed by atoms with Crippen molar-refractivity contribution in [2.75, 3.05) is 26.3 Å². The molecule has 86 valence electrons. The first-order valence-corrected chi connectivity index (χ1v) is 5.80. The molecule has 4 nitrogen and oxygen atoms in total. The van der Waals surface area contributed by atoms with E-state index < -0.39 is 0 Å². The normalized spacial score (nSPS) is 32.5. The van der Waals surface area contributed by atoms with Crippen LogP contribution in [0.25, 0.3) is 0 Å². The van der Waals surface area contributed by atoms with Crippen LogP contribution in [0.2, 0.25) is 0 Å². The Morgan fingerprint density at radius 2 is 1.67 bits per heavy atom. The van der Waals surface area contributed by atoms with E-state index in [-0.39, 0.29) is 25.0 Å². The van der Waals surface area contributed by atoms with Gasteiger partial charge in [0.25, 0.3) is 0 Å². The number of aliphatic hydroxyl groups excluding tert-OH is 2. The molecule has 0 radical (unpaired) electrons. The van der Waals surface area contributed by atoms with Crippen molar-refractivity contribution < 1.29 is 15.0 Å². The number of fused-ring (bicyclic) bond motifs is 1. The molecule has 2 atom stereocenters. The van der Waals surface area contributed by atoms with E-state index in [2.05, 4.69) is 0 Å². The van der Waals surface area contributed by atoms with E-state index in [0.717, 1.165) is 0 Å². The predicted octanol–water partition coefficient (Wildman–Crippen LogP) is -0.154. The Morgan fingerprint density at radius 3 is 2.13 bits per heavy atom. The molecule has 0 saturated heterocycles. The number of aliphatic hydroxyl groups is 2. The van der Waals surface area contributed by atoms with Gasteiger partial charge in [-0.1, -0.05) is 6.42 Å². The fourth-order valence-electron chi connectivity index (χ4n) is 2.97. The van der Waals surface area contributed by atoms with Gasteiger partial charge in [0.15, 0.2) is 0 Å². The van der Waals surface area contributed by atoms with E-state index in [9.17, 15) is 4.79 Å². The summed E-state index contributed by atoms with van der Waals surface area (Å²) in [6.45, 7) is 0.673. The van der Waals surface area contributed by atoms with E-state index in [1.165, 1.54) is 19.3 Å². The number of carbonyl (C=O) groups is 1. The number of carbonyl (C=O) groups excluding carboxylic acids is 1. The fourth-order valence-corrected chi connectivity index (χ4v) is 2.97. The smallest absolute Gasteiger partial charge is 0.226 e. The van der Waals surface area contributed by atoms with E-state index >= 15 is 0 Å². The van der Waals surface area contributed by atoms with Crippen LogP contribution in [0.5, 0.6) is 0 Å². The van der Waals surface area contributed by atoms with Gasteiger partial charge in [-0.25, -0.2) is 0 Å². The fraction of sp³-hybridized carbons (Fsp3) is 0.909. The lowest BCUT2D eigenvalue weighted by molar-refractivity contribution is -0.134. The largest absolute Gasteiger partial charge is 0.395 e. The number of nitrogens with zero attached hydrogens (tertiary/aromatic N) is 1. The van der Waals surface area contributed by atoms with Gasteiger partial charge in [-0.2, -0.15) is 0 Å². The van der Waals surface area contributed by atoms with Crippen molar-refractivity contribution >= 4 is 5.91 Å². The minimum atomic E-state index is -0.0200. The molecule has 0 aromatic heterocycles. The maximum atomic E-state index is 12.0. The van der Waals surface area contributed by atoms with E-state index in [1.807, 2.05) is 0 Å². The zero-order valence-electron chi connectivity index (χ0n) is 8.93. The number of hydrogen-bond donors (Lipinski definition) is 2. The quantitative estimate of drug-likeness (QED) is 0.667. The first-order valence-electron chi connectivity index (χ1n) is 5.80. The van der Waals surface area contributed by atoms with Crippen LogP contribution in [-0.2, 0) is 4.79 Å². The Bertz CT molecular complexity index is 228. The van der Waals surface area contributed by atoms with Crippen molar-refractivity contribution in [2.45, 2.75) is 19.3 Å². The Balaban J connectivity index is 1.88. The van der Waals surface area contributed by atoms with Gasteiger partial charge in [0.05, 0.1) is 13.2 Å². The van der Waals surface area contributed by atoms with Crippen LogP contribution in [-0.4, -0.2) is 47.3 Å². The third-order valence-corrected chi connectivity index (χ3v) is 3.74. The monoisotopic (exact) mass is 213 g/mol. The first-order chi connectivity index (χ1) is 7.29. The van der Waals surface area contributed by atoms with Crippen LogP contribution in [0.4, 0.5) is 0 Å². The summed E-state index contributed by atoms with van der Waals surface area (Å²) in [4.78, 5) is 13.6. The van der Waals surface area contributed by atoms with Gasteiger partial charge in [-0.15, -0.1) is 0 Å². The standard InChI is InChI=1S/C11H19NO3/c13-6-4-12(5-7-14)11(15)10-8-2-1-3-9(8)10/h8-10,13-14H,1-7H2. The van der Waals surface area contributed by atoms with Crippen molar-refractivity contribution in [1.82, 2.24) is 4.90 Å². The van der Waals surface area contributed by atoms with E-state index in [4.69, 9.17) is 10.2 Å². The van der Waals surface area contributed by atoms with Gasteiger partial charge >= 0.3 is 0 Å². The molecule has 0 bridgehead atoms. The summed E-state index contributed by atoms with van der Waals surface area (Å²) in [7, 11) is 0. The molecule has 15 heavy (non-hydrogen) atoms. The SMILES string of the molecule is O=C(C1C2CCCC21)N(CCO)CCO. The summed E-state index contributed by atoms with van der Waals surface area (Å²) in [5, 5.41) is 17.7. The molecule has 0 aliphatic heterocycles. The lowest BCUT2D eigenvalue weighted by atomic mass is 10.1. The molecule has 0 spiro atoms. The Hall–Kier alpha value is -0.610. The highest BCUT2D eigenvalue weighted by atomic mass is 16.3. The second kappa shape index (κ2) is 4.49. The minimum absolute atomic E-state index is 0.0200. The van der Waals surface area contributed by atoms with Crippen molar-refractivity contribution in [3.63, 3.8) is 0 Å². The number of rotatable bonds is 5. The topological polar surface area (TPSA) is 60.8 Å². The third kappa shape index (κ3) is 2.01. The highest BCUT2D eigenvalue weighted by Crippen LogP contribution is 2.58. The molecule has 2 aliphatic rings. The lowest BCUT2D eigenvalue weighted by Crippen LogP contribution is -2.37. The first kappa shape index (κ1) is 10.9. The maximum absolute atomic E-state index is 12.0. The molecule has 0 aromatic rings. The molecule has 1 amide bonds. The molecule has 2 fully saturated rings. The Morgan fingerprint density at radius 1 is 1.13 bits per heavy atom. The van der Waals surface area contributed by atoms with Crippen molar-refractivity contribution in [3.8, 4) is 0 Å². The molecule has 4 heteroatoms. The zero-order valence-corrected chi connectivity index (χ0v) is 8.93. The average Bonchev–Trinajstić information content (AvgIpc) is 2.70. The predicted molar refractivity (Wildman–Crippen MR) is 55.1 cm³/mol. The molecule has 0 heterocycles. The summed E-state index contributed by atoms with van der Waals surface area (Å²) in [6, 6.07) is 0. The van der Waals surface area contributed by atoms with Crippen LogP contribution >= 0.6 is 0 Å². The third-order valence-electron chi connectivity index (χ3n) is 3.74. The molecule has 2 rings (SSSR count). The summed E-state index contributed by atoms with van der Waals surface area (Å²) < 4.78 is 0. The lowest BCUT2D eigenvalue weighted by Gasteiger charge is -2.21. The van der Waals surface area contributed by atoms with Gasteiger partial charge in [0.1, 0.15) is 0 Å². The molecule has 2 unspecified atom stereocenters. The van der Waals surface area contributed by atoms with E-state index in [0.29, 0.717) is 24.9 Å². The molecule has 2 aliphatic carbocycles. The van der Waals surface area contributed by atoms with Gasteiger partial charge in [-0.05, 0) is 24.7 Å². The van der Waals surface area contributed by atoms with Crippen molar-refractivity contribution in [2.24, 2.45) is 17.8 Å². The van der Waals surface area contributed by atoms with Crippen LogP contribution in [0, 0.1) is 17.8 Å². The maximum Gasteiger partial charge on any atom is 0.226 e. The number of amides is 1. The van der Waals surface area contributed by atoms with E-state index in [1.54, 1.807) is 4.90 Å². The van der Waals surface area contributed by atoms with Crippen LogP contribution < -0.4 is 0 Å². The van der Waals surface area contributed by atoms with Gasteiger partial charge in [-0.3, -0.25) is 4.79 Å². The molecular formula is C11H19NO3. The molecule has 0 aromatic carbocycles. The van der Waals surface area contributed by atoms with Crippen LogP contribution in [0.1, 0.15) is 19.3 Å². The highest BCUT2D eigenvalue weighted by Gasteiger charge is 2.57. The van der Waals surface area contributed by atoms with Gasteiger partial charge < -0.3 is 15.1 Å². The zero-order chi connectivity index (χ0) is 10.8. The Labute approximate surface area is 89.9 Å². The summed E-state index contributed by atoms with van der Waals surface area (Å²) in [5.74, 6) is 1.57. The summed E-state index contributed by atoms with van der Waals surface area (Å²) >= 11 is 0. The number of hydrogen-bond acceptors (Lipinski definition) is 3. The highest BCUT2D eigenvalue weighted by molar-refractivity contribution is 5.82. The molecular weight excluding hydrogens is 194 g/mol. The van der Waals surface area contributed by atoms with Crippen LogP contribution in [0.3, 0.4) is 0 Å². The Kier molecular flexibility index (Phi) is 3.26. The summed E-state index contributed by atoms with van der Waals surface area (Å²) in [6.07, 6.45) is 3.64. The summed E-state index contributed by atoms with van der Waals surface area (Å²) in [5.41, 5.74) is 0. The van der Waals surface area contributed by atoms with Crippen molar-refractivity contribution in [3.05, 3.63) is 0 Å². The van der Waals surface area contributed by atoms with Gasteiger partial charge in [0.2, 0.25) is 5.91 Å². The second-order valence-corrected chi connectivity index (χ2v) is 4.56. The molecule has 2 saturated carbocycles. The average molecular weight is 213 g/mol. The second-order valence-electron chi connectivity index (χ2n) is 4.56. The molecule has 2 N–H and O–H groups in total. The van der Waals surface area contributed by atoms with Crippen LogP contribution in [0.15, 0.2) is 0 Å². The van der Waals surface area contributed by atoms with Gasteiger partial charge in [0, 0.05) is 19.0 Å². The minimum Gasteiger partial charge on any atom is -0.395 e.